The molecule has 1 atom stereocenters. The third kappa shape index (κ3) is 4.76. The minimum atomic E-state index is -0.439. The van der Waals surface area contributed by atoms with Crippen molar-refractivity contribution in [2.75, 3.05) is 36.9 Å². The zero-order valence-electron chi connectivity index (χ0n) is 22.9. The standard InChI is InChI=1S/C29H29N9O3S/c1-35-17-31-34-25(35)16-36-10-9-18(15-36)32-27(39)24-14-22-28(42-24)33-26(30)29(40)38(22)20-7-8-23-21(13-20)37(11-12-41-23)19-5-3-2-4-6-19/h2-8,13-14,17-18H,9-12,15-16H2,1H3,(H2,30,33)(H,32,39)/t18-/m1/s1. The van der Waals surface area contributed by atoms with Crippen LogP contribution >= 0.6 is 11.3 Å². The van der Waals surface area contributed by atoms with Gasteiger partial charge >= 0.3 is 0 Å². The van der Waals surface area contributed by atoms with Gasteiger partial charge in [-0.1, -0.05) is 18.2 Å². The second kappa shape index (κ2) is 10.6. The molecule has 42 heavy (non-hydrogen) atoms. The van der Waals surface area contributed by atoms with Crippen LogP contribution in [0, 0.1) is 0 Å². The van der Waals surface area contributed by atoms with Crippen molar-refractivity contribution in [3.8, 4) is 11.4 Å². The molecule has 5 aromatic rings. The smallest absolute Gasteiger partial charge is 0.298 e. The number of aryl methyl sites for hydroxylation is 1. The number of nitrogens with one attached hydrogen (secondary N) is 1. The Morgan fingerprint density at radius 1 is 1.14 bits per heavy atom. The molecular weight excluding hydrogens is 554 g/mol. The molecule has 5 heterocycles. The number of carbonyl (C=O) groups excluding carboxylic acids is 1. The van der Waals surface area contributed by atoms with Crippen molar-refractivity contribution in [2.45, 2.75) is 19.0 Å². The van der Waals surface area contributed by atoms with E-state index >= 15 is 0 Å². The predicted octanol–water partition coefficient (Wildman–Crippen LogP) is 2.69. The first kappa shape index (κ1) is 26.2. The molecule has 0 radical (unpaired) electrons. The van der Waals surface area contributed by atoms with Gasteiger partial charge in [-0.25, -0.2) is 4.98 Å². The SMILES string of the molecule is Cn1cnnc1CN1CC[C@@H](NC(=O)c2cc3c(nc(N)c(=O)n3-c3ccc4c(c3)N(c3ccccc3)CCO4)s2)C1. The topological polar surface area (TPSA) is 136 Å². The highest BCUT2D eigenvalue weighted by atomic mass is 32.1. The number of thiophene rings is 1. The molecule has 1 amide bonds. The van der Waals surface area contributed by atoms with Crippen molar-refractivity contribution < 1.29 is 9.53 Å². The van der Waals surface area contributed by atoms with Crippen molar-refractivity contribution in [3.05, 3.63) is 82.0 Å². The summed E-state index contributed by atoms with van der Waals surface area (Å²) >= 11 is 1.22. The number of fused-ring (bicyclic) bond motifs is 2. The van der Waals surface area contributed by atoms with Gasteiger partial charge in [0.25, 0.3) is 11.5 Å². The summed E-state index contributed by atoms with van der Waals surface area (Å²) in [6, 6.07) is 17.4. The number of benzene rings is 2. The number of rotatable bonds is 6. The van der Waals surface area contributed by atoms with Gasteiger partial charge in [-0.05, 0) is 42.8 Å². The minimum absolute atomic E-state index is 0.000719. The Morgan fingerprint density at radius 3 is 2.81 bits per heavy atom. The molecule has 0 saturated carbocycles. The third-order valence-corrected chi connectivity index (χ3v) is 8.73. The molecule has 0 bridgehead atoms. The van der Waals surface area contributed by atoms with E-state index in [-0.39, 0.29) is 17.8 Å². The number of aromatic nitrogens is 5. The van der Waals surface area contributed by atoms with E-state index in [1.54, 1.807) is 12.4 Å². The normalized spacial score (nSPS) is 16.9. The van der Waals surface area contributed by atoms with Crippen molar-refractivity contribution in [2.24, 2.45) is 7.05 Å². The molecule has 3 aromatic heterocycles. The Kier molecular flexibility index (Phi) is 6.59. The molecule has 2 aliphatic heterocycles. The summed E-state index contributed by atoms with van der Waals surface area (Å²) in [7, 11) is 1.92. The number of nitrogen functional groups attached to an aromatic ring is 1. The average Bonchev–Trinajstić information content (AvgIpc) is 3.74. The van der Waals surface area contributed by atoms with Gasteiger partial charge in [0, 0.05) is 31.9 Å². The highest BCUT2D eigenvalue weighted by molar-refractivity contribution is 7.20. The molecule has 1 fully saturated rings. The molecule has 1 saturated heterocycles. The summed E-state index contributed by atoms with van der Waals surface area (Å²) in [4.78, 5) is 36.4. The number of hydrogen-bond donors (Lipinski definition) is 2. The van der Waals surface area contributed by atoms with Crippen LogP contribution in [0.2, 0.25) is 0 Å². The number of ether oxygens (including phenoxy) is 1. The Bertz CT molecular complexity index is 1850. The van der Waals surface area contributed by atoms with E-state index in [9.17, 15) is 9.59 Å². The van der Waals surface area contributed by atoms with Crippen molar-refractivity contribution in [1.29, 1.82) is 0 Å². The van der Waals surface area contributed by atoms with Crippen molar-refractivity contribution >= 4 is 44.8 Å². The van der Waals surface area contributed by atoms with E-state index in [1.165, 1.54) is 15.9 Å². The number of amides is 1. The lowest BCUT2D eigenvalue weighted by Gasteiger charge is -2.31. The van der Waals surface area contributed by atoms with Crippen LogP contribution < -0.4 is 26.2 Å². The van der Waals surface area contributed by atoms with E-state index in [4.69, 9.17) is 10.5 Å². The highest BCUT2D eigenvalue weighted by Gasteiger charge is 2.27. The van der Waals surface area contributed by atoms with Crippen LogP contribution in [0.1, 0.15) is 21.9 Å². The van der Waals surface area contributed by atoms with E-state index < -0.39 is 5.56 Å². The van der Waals surface area contributed by atoms with Crippen LogP contribution in [0.5, 0.6) is 5.75 Å². The Morgan fingerprint density at radius 2 is 2.00 bits per heavy atom. The fourth-order valence-electron chi connectivity index (χ4n) is 5.58. The van der Waals surface area contributed by atoms with E-state index in [2.05, 4.69) is 30.3 Å². The Hall–Kier alpha value is -4.75. The number of para-hydroxylation sites is 1. The first-order valence-electron chi connectivity index (χ1n) is 13.7. The fraction of sp³-hybridized carbons (Fsp3) is 0.276. The molecule has 0 aliphatic carbocycles. The van der Waals surface area contributed by atoms with Crippen LogP contribution in [0.15, 0.2) is 65.7 Å². The summed E-state index contributed by atoms with van der Waals surface area (Å²) in [5.74, 6) is 1.29. The van der Waals surface area contributed by atoms with Gasteiger partial charge in [0.05, 0.1) is 34.9 Å². The quantitative estimate of drug-likeness (QED) is 0.309. The number of likely N-dealkylation sites (tertiary alicyclic amines) is 1. The first-order valence-corrected chi connectivity index (χ1v) is 14.5. The van der Waals surface area contributed by atoms with Gasteiger partial charge in [0.1, 0.15) is 29.3 Å². The Balaban J connectivity index is 1.17. The van der Waals surface area contributed by atoms with Crippen LogP contribution in [0.25, 0.3) is 16.0 Å². The van der Waals surface area contributed by atoms with Gasteiger partial charge in [0.2, 0.25) is 0 Å². The largest absolute Gasteiger partial charge is 0.490 e. The number of hydrogen-bond acceptors (Lipinski definition) is 10. The molecule has 2 aliphatic rings. The van der Waals surface area contributed by atoms with Gasteiger partial charge in [0.15, 0.2) is 5.82 Å². The van der Waals surface area contributed by atoms with Gasteiger partial charge in [-0.2, -0.15) is 0 Å². The lowest BCUT2D eigenvalue weighted by Crippen LogP contribution is -2.36. The second-order valence-corrected chi connectivity index (χ2v) is 11.5. The third-order valence-electron chi connectivity index (χ3n) is 7.71. The lowest BCUT2D eigenvalue weighted by atomic mass is 10.1. The molecule has 7 rings (SSSR count). The molecule has 0 unspecified atom stereocenters. The zero-order valence-corrected chi connectivity index (χ0v) is 23.8. The second-order valence-electron chi connectivity index (χ2n) is 10.5. The molecule has 3 N–H and O–H groups in total. The average molecular weight is 584 g/mol. The molecule has 12 nitrogen and oxygen atoms in total. The minimum Gasteiger partial charge on any atom is -0.490 e. The van der Waals surface area contributed by atoms with Crippen LogP contribution in [-0.2, 0) is 13.6 Å². The van der Waals surface area contributed by atoms with Gasteiger partial charge < -0.3 is 25.3 Å². The maximum Gasteiger partial charge on any atom is 0.298 e. The van der Waals surface area contributed by atoms with Gasteiger partial charge in [-0.15, -0.1) is 21.5 Å². The molecular formula is C29H29N9O3S. The van der Waals surface area contributed by atoms with Crippen LogP contribution in [0.4, 0.5) is 17.2 Å². The monoisotopic (exact) mass is 583 g/mol. The lowest BCUT2D eigenvalue weighted by molar-refractivity contribution is 0.0941. The Labute approximate surface area is 245 Å². The van der Waals surface area contributed by atoms with Crippen LogP contribution in [0.3, 0.4) is 0 Å². The van der Waals surface area contributed by atoms with E-state index in [1.807, 2.05) is 60.1 Å². The van der Waals surface area contributed by atoms with E-state index in [0.29, 0.717) is 47.2 Å². The maximum absolute atomic E-state index is 13.4. The molecule has 0 spiro atoms. The maximum atomic E-state index is 13.4. The summed E-state index contributed by atoms with van der Waals surface area (Å²) in [6.45, 7) is 3.46. The van der Waals surface area contributed by atoms with Crippen molar-refractivity contribution in [3.63, 3.8) is 0 Å². The summed E-state index contributed by atoms with van der Waals surface area (Å²) in [5.41, 5.74) is 8.67. The van der Waals surface area contributed by atoms with E-state index in [0.717, 1.165) is 35.9 Å². The first-order chi connectivity index (χ1) is 20.4. The number of carbonyl (C=O) groups is 1. The zero-order chi connectivity index (χ0) is 28.8. The van der Waals surface area contributed by atoms with Crippen molar-refractivity contribution in [1.82, 2.24) is 34.5 Å². The highest BCUT2D eigenvalue weighted by Crippen LogP contribution is 2.38. The summed E-state index contributed by atoms with van der Waals surface area (Å²) in [5, 5.41) is 11.3. The van der Waals surface area contributed by atoms with Crippen LogP contribution in [-0.4, -0.2) is 67.4 Å². The fourth-order valence-corrected chi connectivity index (χ4v) is 6.51. The molecule has 13 heteroatoms. The number of nitrogens with two attached hydrogens (primary N) is 1. The number of anilines is 3. The van der Waals surface area contributed by atoms with Gasteiger partial charge in [-0.3, -0.25) is 19.1 Å². The predicted molar refractivity (Wildman–Crippen MR) is 161 cm³/mol. The molecule has 214 valence electrons. The molecule has 2 aromatic carbocycles. The summed E-state index contributed by atoms with van der Waals surface area (Å²) < 4.78 is 9.35. The summed E-state index contributed by atoms with van der Waals surface area (Å²) in [6.07, 6.45) is 2.52. The number of nitrogens with zero attached hydrogens (tertiary/aromatic N) is 7.